The Balaban J connectivity index is 1.14. The SMILES string of the molecule is CC(=O)N1CCOC(OC2CCC34CC35CCC3(C)C6C(C)CC(C(O)C(C)(C)O)OC6C(O)C3(C)C5CCC4C2(C)C)C1. The van der Waals surface area contributed by atoms with E-state index < -0.39 is 23.9 Å². The zero-order chi connectivity index (χ0) is 31.8. The van der Waals surface area contributed by atoms with Crippen molar-refractivity contribution in [2.75, 3.05) is 19.7 Å². The number of fused-ring (bicyclic) bond motifs is 4. The van der Waals surface area contributed by atoms with Gasteiger partial charge in [0.05, 0.1) is 43.2 Å². The molecule has 1 amide bonds. The lowest BCUT2D eigenvalue weighted by molar-refractivity contribution is -0.247. The Bertz CT molecular complexity index is 1170. The summed E-state index contributed by atoms with van der Waals surface area (Å²) in [5, 5.41) is 34.0. The van der Waals surface area contributed by atoms with E-state index in [-0.39, 0.29) is 52.0 Å². The third kappa shape index (κ3) is 4.00. The van der Waals surface area contributed by atoms with Crippen molar-refractivity contribution < 1.29 is 34.3 Å². The molecule has 2 spiro atoms. The first kappa shape index (κ1) is 31.8. The van der Waals surface area contributed by atoms with Gasteiger partial charge >= 0.3 is 0 Å². The second-order valence-electron chi connectivity index (χ2n) is 18.0. The zero-order valence-electron chi connectivity index (χ0n) is 28.5. The molecule has 8 heteroatoms. The number of rotatable bonds is 4. The van der Waals surface area contributed by atoms with Gasteiger partial charge in [0.15, 0.2) is 6.29 Å². The van der Waals surface area contributed by atoms with Gasteiger partial charge < -0.3 is 34.4 Å². The van der Waals surface area contributed by atoms with Crippen molar-refractivity contribution in [2.45, 2.75) is 149 Å². The fourth-order valence-electron chi connectivity index (χ4n) is 13.4. The molecule has 0 radical (unpaired) electrons. The maximum Gasteiger partial charge on any atom is 0.219 e. The summed E-state index contributed by atoms with van der Waals surface area (Å²) in [6.45, 7) is 18.5. The lowest BCUT2D eigenvalue weighted by atomic mass is 9.41. The number of carbonyl (C=O) groups excluding carboxylic acids is 1. The van der Waals surface area contributed by atoms with Gasteiger partial charge in [0.2, 0.25) is 5.91 Å². The molecule has 5 saturated carbocycles. The minimum absolute atomic E-state index is 0.00337. The van der Waals surface area contributed by atoms with Crippen LogP contribution in [0.5, 0.6) is 0 Å². The van der Waals surface area contributed by atoms with Gasteiger partial charge in [0.25, 0.3) is 0 Å². The van der Waals surface area contributed by atoms with Crippen molar-refractivity contribution in [3.05, 3.63) is 0 Å². The van der Waals surface area contributed by atoms with E-state index >= 15 is 0 Å². The maximum absolute atomic E-state index is 12.4. The van der Waals surface area contributed by atoms with Crippen molar-refractivity contribution >= 4 is 5.91 Å². The predicted octanol–water partition coefficient (Wildman–Crippen LogP) is 4.52. The molecule has 7 rings (SSSR count). The van der Waals surface area contributed by atoms with E-state index in [2.05, 4.69) is 34.6 Å². The number of hydrogen-bond acceptors (Lipinski definition) is 7. The smallest absolute Gasteiger partial charge is 0.219 e. The molecule has 8 nitrogen and oxygen atoms in total. The van der Waals surface area contributed by atoms with Gasteiger partial charge in [-0.3, -0.25) is 4.79 Å². The summed E-state index contributed by atoms with van der Waals surface area (Å²) in [4.78, 5) is 13.9. The van der Waals surface area contributed by atoms with Gasteiger partial charge in [-0.05, 0) is 111 Å². The molecule has 2 heterocycles. The van der Waals surface area contributed by atoms with Gasteiger partial charge in [-0.2, -0.15) is 0 Å². The van der Waals surface area contributed by atoms with Crippen LogP contribution in [0.25, 0.3) is 0 Å². The molecule has 14 unspecified atom stereocenters. The molecule has 2 saturated heterocycles. The zero-order valence-corrected chi connectivity index (χ0v) is 28.5. The monoisotopic (exact) mass is 617 g/mol. The van der Waals surface area contributed by atoms with Crippen LogP contribution < -0.4 is 0 Å². The molecule has 3 N–H and O–H groups in total. The molecule has 0 aromatic heterocycles. The van der Waals surface area contributed by atoms with Gasteiger partial charge in [-0.15, -0.1) is 0 Å². The summed E-state index contributed by atoms with van der Waals surface area (Å²) in [5.74, 6) is 1.62. The quantitative estimate of drug-likeness (QED) is 0.426. The van der Waals surface area contributed by atoms with Crippen LogP contribution in [-0.4, -0.2) is 88.2 Å². The van der Waals surface area contributed by atoms with Crippen LogP contribution in [0.4, 0.5) is 0 Å². The van der Waals surface area contributed by atoms with Crippen molar-refractivity contribution in [3.8, 4) is 0 Å². The van der Waals surface area contributed by atoms with Gasteiger partial charge in [0, 0.05) is 18.9 Å². The molecule has 2 aliphatic heterocycles. The standard InChI is InChI=1S/C36H59NO7/c1-20-17-22(29(39)32(5,6)41)43-28-27(20)33(7)13-14-36-19-35(36)12-11-25(44-26-18-37(21(2)38)15-16-42-26)31(3,4)23(35)9-10-24(36)34(33,8)30(28)40/h20,22-30,39-41H,9-19H2,1-8H3. The maximum atomic E-state index is 12.4. The van der Waals surface area contributed by atoms with Crippen molar-refractivity contribution in [1.29, 1.82) is 0 Å². The first-order valence-corrected chi connectivity index (χ1v) is 17.7. The Kier molecular flexibility index (Phi) is 7.14. The molecule has 250 valence electrons. The fourth-order valence-corrected chi connectivity index (χ4v) is 13.4. The summed E-state index contributed by atoms with van der Waals surface area (Å²) >= 11 is 0. The van der Waals surface area contributed by atoms with Crippen LogP contribution in [0, 0.1) is 50.7 Å². The van der Waals surface area contributed by atoms with Crippen LogP contribution in [0.1, 0.15) is 107 Å². The third-order valence-corrected chi connectivity index (χ3v) is 15.6. The van der Waals surface area contributed by atoms with Gasteiger partial charge in [-0.25, -0.2) is 0 Å². The Hall–Kier alpha value is -0.770. The Labute approximate surface area is 264 Å². The van der Waals surface area contributed by atoms with Gasteiger partial charge in [-0.1, -0.05) is 34.6 Å². The summed E-state index contributed by atoms with van der Waals surface area (Å²) in [6.07, 6.45) is 6.10. The molecule has 0 bridgehead atoms. The molecule has 44 heavy (non-hydrogen) atoms. The van der Waals surface area contributed by atoms with E-state index in [0.29, 0.717) is 49.3 Å². The number of nitrogens with zero attached hydrogens (tertiary/aromatic N) is 1. The van der Waals surface area contributed by atoms with E-state index in [1.165, 1.54) is 12.8 Å². The minimum Gasteiger partial charge on any atom is -0.390 e. The average Bonchev–Trinajstić information content (AvgIpc) is 3.58. The molecule has 7 fully saturated rings. The summed E-state index contributed by atoms with van der Waals surface area (Å²) < 4.78 is 19.4. The fraction of sp³-hybridized carbons (Fsp3) is 0.972. The van der Waals surface area contributed by atoms with Crippen molar-refractivity contribution in [3.63, 3.8) is 0 Å². The first-order valence-electron chi connectivity index (χ1n) is 17.7. The summed E-state index contributed by atoms with van der Waals surface area (Å²) in [7, 11) is 0. The third-order valence-electron chi connectivity index (χ3n) is 15.6. The lowest BCUT2D eigenvalue weighted by Crippen LogP contribution is -2.60. The summed E-state index contributed by atoms with van der Waals surface area (Å²) in [6, 6.07) is 0. The van der Waals surface area contributed by atoms with E-state index in [1.54, 1.807) is 20.8 Å². The molecule has 0 aromatic carbocycles. The highest BCUT2D eigenvalue weighted by Gasteiger charge is 2.84. The topological polar surface area (TPSA) is 109 Å². The average molecular weight is 618 g/mol. The second kappa shape index (κ2) is 9.88. The molecular formula is C36H59NO7. The van der Waals surface area contributed by atoms with Crippen LogP contribution in [0.15, 0.2) is 0 Å². The summed E-state index contributed by atoms with van der Waals surface area (Å²) in [5.41, 5.74) is -1.01. The number of hydrogen-bond donors (Lipinski definition) is 3. The van der Waals surface area contributed by atoms with Crippen LogP contribution >= 0.6 is 0 Å². The van der Waals surface area contributed by atoms with E-state index in [0.717, 1.165) is 32.1 Å². The Morgan fingerprint density at radius 1 is 1.05 bits per heavy atom. The highest BCUT2D eigenvalue weighted by molar-refractivity contribution is 5.73. The largest absolute Gasteiger partial charge is 0.390 e. The van der Waals surface area contributed by atoms with Crippen LogP contribution in [0.2, 0.25) is 0 Å². The molecule has 5 aliphatic carbocycles. The lowest BCUT2D eigenvalue weighted by Gasteiger charge is -2.64. The number of amides is 1. The molecule has 0 aromatic rings. The van der Waals surface area contributed by atoms with E-state index in [1.807, 2.05) is 4.90 Å². The number of ether oxygens (including phenoxy) is 3. The normalized spacial score (nSPS) is 53.4. The number of aliphatic hydroxyl groups is 3. The van der Waals surface area contributed by atoms with E-state index in [4.69, 9.17) is 14.2 Å². The number of carbonyl (C=O) groups is 1. The van der Waals surface area contributed by atoms with Crippen LogP contribution in [0.3, 0.4) is 0 Å². The molecule has 14 atom stereocenters. The predicted molar refractivity (Wildman–Crippen MR) is 165 cm³/mol. The highest BCUT2D eigenvalue weighted by atomic mass is 16.7. The van der Waals surface area contributed by atoms with Gasteiger partial charge in [0.1, 0.15) is 6.10 Å². The molecular weight excluding hydrogens is 558 g/mol. The number of morpholine rings is 1. The second-order valence-corrected chi connectivity index (χ2v) is 18.0. The van der Waals surface area contributed by atoms with Crippen molar-refractivity contribution in [2.24, 2.45) is 50.7 Å². The van der Waals surface area contributed by atoms with E-state index in [9.17, 15) is 20.1 Å². The Morgan fingerprint density at radius 2 is 1.73 bits per heavy atom. The number of aliphatic hydroxyl groups excluding tert-OH is 2. The van der Waals surface area contributed by atoms with Crippen molar-refractivity contribution in [1.82, 2.24) is 4.90 Å². The highest BCUT2D eigenvalue weighted by Crippen LogP contribution is 2.89. The minimum atomic E-state index is -1.25. The Morgan fingerprint density at radius 3 is 2.41 bits per heavy atom. The first-order chi connectivity index (χ1) is 20.4. The molecule has 7 aliphatic rings. The van der Waals surface area contributed by atoms with Crippen LogP contribution in [-0.2, 0) is 19.0 Å².